The SMILES string of the molecule is c1cc2nc(c1)COCCOCCOCCOC2. The molecule has 0 N–H and O–H groups in total. The molecule has 18 heavy (non-hydrogen) atoms. The molecule has 0 aliphatic carbocycles. The van der Waals surface area contributed by atoms with E-state index in [1.807, 2.05) is 18.2 Å². The van der Waals surface area contributed by atoms with Gasteiger partial charge in [0, 0.05) is 0 Å². The number of fused-ring (bicyclic) bond motifs is 2. The third-order valence-electron chi connectivity index (χ3n) is 2.48. The van der Waals surface area contributed by atoms with E-state index in [9.17, 15) is 0 Å². The van der Waals surface area contributed by atoms with E-state index in [0.29, 0.717) is 52.9 Å². The Morgan fingerprint density at radius 1 is 0.667 bits per heavy atom. The first-order valence-electron chi connectivity index (χ1n) is 6.21. The van der Waals surface area contributed by atoms with Gasteiger partial charge in [-0.2, -0.15) is 0 Å². The number of ether oxygens (including phenoxy) is 4. The maximum atomic E-state index is 5.48. The Bertz CT molecular complexity index is 316. The van der Waals surface area contributed by atoms with Crippen LogP contribution in [0, 0.1) is 0 Å². The minimum atomic E-state index is 0.508. The fourth-order valence-electron chi connectivity index (χ4n) is 1.60. The zero-order chi connectivity index (χ0) is 12.5. The standard InChI is InChI=1S/C13H19NO4/c1-2-12-10-17-8-6-15-4-5-16-7-9-18-11-13(3-1)14-12/h1-3H,4-11H2. The zero-order valence-corrected chi connectivity index (χ0v) is 10.5. The van der Waals surface area contributed by atoms with Crippen LogP contribution in [0.3, 0.4) is 0 Å². The van der Waals surface area contributed by atoms with Crippen molar-refractivity contribution in [3.8, 4) is 0 Å². The summed E-state index contributed by atoms with van der Waals surface area (Å²) in [6.07, 6.45) is 0. The van der Waals surface area contributed by atoms with Gasteiger partial charge in [0.1, 0.15) is 0 Å². The van der Waals surface area contributed by atoms with E-state index in [2.05, 4.69) is 4.98 Å². The molecule has 100 valence electrons. The van der Waals surface area contributed by atoms with Gasteiger partial charge < -0.3 is 18.9 Å². The highest BCUT2D eigenvalue weighted by molar-refractivity contribution is 5.09. The van der Waals surface area contributed by atoms with Crippen molar-refractivity contribution in [1.82, 2.24) is 4.98 Å². The maximum Gasteiger partial charge on any atom is 0.0889 e. The topological polar surface area (TPSA) is 49.8 Å². The van der Waals surface area contributed by atoms with Crippen LogP contribution in [0.1, 0.15) is 11.4 Å². The third-order valence-corrected chi connectivity index (χ3v) is 2.48. The van der Waals surface area contributed by atoms with Crippen LogP contribution in [0.15, 0.2) is 18.2 Å². The first-order valence-corrected chi connectivity index (χ1v) is 6.21. The lowest BCUT2D eigenvalue weighted by molar-refractivity contribution is -0.00523. The van der Waals surface area contributed by atoms with Crippen molar-refractivity contribution in [1.29, 1.82) is 0 Å². The summed E-state index contributed by atoms with van der Waals surface area (Å²) in [6.45, 7) is 4.51. The van der Waals surface area contributed by atoms with Gasteiger partial charge in [0.25, 0.3) is 0 Å². The predicted molar refractivity (Wildman–Crippen MR) is 65.2 cm³/mol. The van der Waals surface area contributed by atoms with Crippen molar-refractivity contribution in [3.63, 3.8) is 0 Å². The number of pyridine rings is 1. The Balaban J connectivity index is 1.87. The van der Waals surface area contributed by atoms with Gasteiger partial charge in [-0.15, -0.1) is 0 Å². The Hall–Kier alpha value is -1.01. The van der Waals surface area contributed by atoms with Crippen LogP contribution < -0.4 is 0 Å². The predicted octanol–water partition coefficient (Wildman–Crippen LogP) is 1.16. The highest BCUT2D eigenvalue weighted by Crippen LogP contribution is 2.03. The molecule has 5 nitrogen and oxygen atoms in total. The molecule has 2 heterocycles. The Labute approximate surface area is 107 Å². The third kappa shape index (κ3) is 5.10. The Kier molecular flexibility index (Phi) is 6.08. The Morgan fingerprint density at radius 3 is 1.61 bits per heavy atom. The summed E-state index contributed by atoms with van der Waals surface area (Å²) in [7, 11) is 0. The van der Waals surface area contributed by atoms with Crippen LogP contribution in [0.25, 0.3) is 0 Å². The van der Waals surface area contributed by atoms with Crippen LogP contribution in [-0.4, -0.2) is 44.6 Å². The summed E-state index contributed by atoms with van der Waals surface area (Å²) < 4.78 is 21.7. The number of hydrogen-bond donors (Lipinski definition) is 0. The van der Waals surface area contributed by atoms with E-state index in [1.54, 1.807) is 0 Å². The van der Waals surface area contributed by atoms with Crippen molar-refractivity contribution >= 4 is 0 Å². The molecule has 2 rings (SSSR count). The number of rotatable bonds is 0. The molecule has 0 unspecified atom stereocenters. The lowest BCUT2D eigenvalue weighted by Gasteiger charge is -2.06. The van der Waals surface area contributed by atoms with Gasteiger partial charge in [0.05, 0.1) is 64.2 Å². The van der Waals surface area contributed by atoms with E-state index in [1.165, 1.54) is 0 Å². The average molecular weight is 253 g/mol. The largest absolute Gasteiger partial charge is 0.377 e. The van der Waals surface area contributed by atoms with Crippen LogP contribution in [0.2, 0.25) is 0 Å². The number of hydrogen-bond acceptors (Lipinski definition) is 5. The van der Waals surface area contributed by atoms with Crippen LogP contribution in [-0.2, 0) is 32.2 Å². The first kappa shape index (κ1) is 13.4. The second-order valence-corrected chi connectivity index (χ2v) is 3.95. The molecule has 1 aromatic rings. The van der Waals surface area contributed by atoms with Crippen molar-refractivity contribution in [2.45, 2.75) is 13.2 Å². The van der Waals surface area contributed by atoms with Crippen molar-refractivity contribution in [2.24, 2.45) is 0 Å². The summed E-state index contributed by atoms with van der Waals surface area (Å²) in [4.78, 5) is 4.45. The summed E-state index contributed by atoms with van der Waals surface area (Å²) in [5, 5.41) is 0. The van der Waals surface area contributed by atoms with Crippen molar-refractivity contribution < 1.29 is 18.9 Å². The molecule has 0 saturated heterocycles. The Morgan fingerprint density at radius 2 is 1.11 bits per heavy atom. The normalized spacial score (nSPS) is 19.8. The number of nitrogens with zero attached hydrogens (tertiary/aromatic N) is 1. The smallest absolute Gasteiger partial charge is 0.0889 e. The van der Waals surface area contributed by atoms with Crippen LogP contribution in [0.4, 0.5) is 0 Å². The first-order chi connectivity index (χ1) is 8.95. The van der Waals surface area contributed by atoms with Crippen LogP contribution in [0.5, 0.6) is 0 Å². The number of aromatic nitrogens is 1. The second kappa shape index (κ2) is 8.16. The van der Waals surface area contributed by atoms with E-state index in [0.717, 1.165) is 11.4 Å². The molecule has 0 fully saturated rings. The van der Waals surface area contributed by atoms with E-state index in [4.69, 9.17) is 18.9 Å². The zero-order valence-electron chi connectivity index (χ0n) is 10.5. The molecule has 1 aliphatic heterocycles. The molecule has 1 aromatic heterocycles. The van der Waals surface area contributed by atoms with Gasteiger partial charge in [0.2, 0.25) is 0 Å². The highest BCUT2D eigenvalue weighted by atomic mass is 16.6. The van der Waals surface area contributed by atoms with E-state index in [-0.39, 0.29) is 0 Å². The summed E-state index contributed by atoms with van der Waals surface area (Å²) in [5.41, 5.74) is 1.84. The van der Waals surface area contributed by atoms with Crippen molar-refractivity contribution in [2.75, 3.05) is 39.6 Å². The fourth-order valence-corrected chi connectivity index (χ4v) is 1.60. The lowest BCUT2D eigenvalue weighted by atomic mass is 10.3. The van der Waals surface area contributed by atoms with Gasteiger partial charge in [-0.25, -0.2) is 0 Å². The minimum Gasteiger partial charge on any atom is -0.377 e. The van der Waals surface area contributed by atoms with Crippen molar-refractivity contribution in [3.05, 3.63) is 29.6 Å². The molecule has 0 saturated carbocycles. The summed E-state index contributed by atoms with van der Waals surface area (Å²) in [5.74, 6) is 0. The average Bonchev–Trinajstić information content (AvgIpc) is 2.40. The highest BCUT2D eigenvalue weighted by Gasteiger charge is 2.00. The molecule has 0 amide bonds. The van der Waals surface area contributed by atoms with Gasteiger partial charge in [0.15, 0.2) is 0 Å². The summed E-state index contributed by atoms with van der Waals surface area (Å²) in [6, 6.07) is 5.87. The lowest BCUT2D eigenvalue weighted by Crippen LogP contribution is -2.11. The molecular weight excluding hydrogens is 234 g/mol. The maximum absolute atomic E-state index is 5.48. The fraction of sp³-hybridized carbons (Fsp3) is 0.615. The molecule has 0 radical (unpaired) electrons. The molecule has 0 aromatic carbocycles. The minimum absolute atomic E-state index is 0.508. The molecule has 2 bridgehead atoms. The monoisotopic (exact) mass is 253 g/mol. The molecular formula is C13H19NO4. The molecule has 5 heteroatoms. The van der Waals surface area contributed by atoms with Gasteiger partial charge >= 0.3 is 0 Å². The summed E-state index contributed by atoms with van der Waals surface area (Å²) >= 11 is 0. The van der Waals surface area contributed by atoms with E-state index < -0.39 is 0 Å². The van der Waals surface area contributed by atoms with Gasteiger partial charge in [-0.1, -0.05) is 6.07 Å². The quantitative estimate of drug-likeness (QED) is 0.694. The molecule has 0 spiro atoms. The second-order valence-electron chi connectivity index (χ2n) is 3.95. The molecule has 1 aliphatic rings. The van der Waals surface area contributed by atoms with E-state index >= 15 is 0 Å². The van der Waals surface area contributed by atoms with Gasteiger partial charge in [-0.3, -0.25) is 4.98 Å². The van der Waals surface area contributed by atoms with Gasteiger partial charge in [-0.05, 0) is 12.1 Å². The molecule has 0 atom stereocenters. The van der Waals surface area contributed by atoms with Crippen LogP contribution >= 0.6 is 0 Å².